The summed E-state index contributed by atoms with van der Waals surface area (Å²) < 4.78 is 0. The van der Waals surface area contributed by atoms with Crippen LogP contribution < -0.4 is 10.6 Å². The van der Waals surface area contributed by atoms with Gasteiger partial charge in [0, 0.05) is 0 Å². The van der Waals surface area contributed by atoms with E-state index in [1.54, 1.807) is 0 Å². The summed E-state index contributed by atoms with van der Waals surface area (Å²) in [7, 11) is 0. The molecule has 2 heteroatoms. The molecule has 2 rings (SSSR count). The number of hydrogen-bond acceptors (Lipinski definition) is 2. The summed E-state index contributed by atoms with van der Waals surface area (Å²) in [6, 6.07) is 0. The van der Waals surface area contributed by atoms with E-state index in [1.165, 1.54) is 11.1 Å². The van der Waals surface area contributed by atoms with E-state index in [0.29, 0.717) is 6.17 Å². The Kier molecular flexibility index (Phi) is 2.75. The topological polar surface area (TPSA) is 24.1 Å². The summed E-state index contributed by atoms with van der Waals surface area (Å²) in [4.78, 5) is 0. The van der Waals surface area contributed by atoms with E-state index in [0.717, 1.165) is 0 Å². The van der Waals surface area contributed by atoms with Crippen molar-refractivity contribution >= 4 is 0 Å². The Morgan fingerprint density at radius 2 is 1.75 bits per heavy atom. The number of dihydropyridines is 1. The van der Waals surface area contributed by atoms with Crippen LogP contribution >= 0.6 is 0 Å². The van der Waals surface area contributed by atoms with Crippen molar-refractivity contribution in [3.05, 3.63) is 48.9 Å². The largest absolute Gasteiger partial charge is 0.368 e. The Hall–Kier alpha value is -1.44. The molecule has 1 atom stereocenters. The quantitative estimate of drug-likeness (QED) is 0.529. The molecule has 0 saturated heterocycles. The van der Waals surface area contributed by atoms with Gasteiger partial charge in [-0.3, -0.25) is 0 Å². The lowest BCUT2D eigenvalue weighted by atomic mass is 10.1. The molecular formula is C10H14N2. The summed E-state index contributed by atoms with van der Waals surface area (Å²) >= 11 is 0. The fourth-order valence-corrected chi connectivity index (χ4v) is 1.28. The van der Waals surface area contributed by atoms with Crippen LogP contribution in [0, 0.1) is 0 Å². The first-order chi connectivity index (χ1) is 5.88. The van der Waals surface area contributed by atoms with Gasteiger partial charge in [0.15, 0.2) is 0 Å². The average molecular weight is 162 g/mol. The molecular weight excluding hydrogens is 148 g/mol. The van der Waals surface area contributed by atoms with Crippen LogP contribution in [-0.4, -0.2) is 6.17 Å². The van der Waals surface area contributed by atoms with Crippen molar-refractivity contribution in [3.63, 3.8) is 0 Å². The summed E-state index contributed by atoms with van der Waals surface area (Å²) in [5.41, 5.74) is 2.69. The minimum Gasteiger partial charge on any atom is -0.368 e. The fourth-order valence-electron chi connectivity index (χ4n) is 1.28. The first-order valence-electron chi connectivity index (χ1n) is 3.94. The standard InChI is InChI=1S/C8H10N2.C2H4/c1-6-2-4-9-8-7(6)3-5-10-8;1-2/h2-5,8-10H,1H3;1-2H2. The minimum atomic E-state index is 0.324. The highest BCUT2D eigenvalue weighted by molar-refractivity contribution is 5.41. The SMILES string of the molecule is C=C.CC1=C2C=CNC2NC=C1. The van der Waals surface area contributed by atoms with E-state index in [4.69, 9.17) is 0 Å². The first kappa shape index (κ1) is 8.65. The molecule has 0 radical (unpaired) electrons. The zero-order valence-electron chi connectivity index (χ0n) is 7.30. The second kappa shape index (κ2) is 3.81. The number of rotatable bonds is 0. The molecule has 2 heterocycles. The average Bonchev–Trinajstić information content (AvgIpc) is 2.57. The van der Waals surface area contributed by atoms with Crippen molar-refractivity contribution in [1.82, 2.24) is 10.6 Å². The Morgan fingerprint density at radius 3 is 2.33 bits per heavy atom. The lowest BCUT2D eigenvalue weighted by molar-refractivity contribution is 0.629. The second-order valence-corrected chi connectivity index (χ2v) is 2.57. The third kappa shape index (κ3) is 1.42. The molecule has 2 aliphatic heterocycles. The summed E-state index contributed by atoms with van der Waals surface area (Å²) in [5, 5.41) is 6.39. The molecule has 0 aromatic heterocycles. The van der Waals surface area contributed by atoms with Crippen molar-refractivity contribution in [2.24, 2.45) is 0 Å². The number of nitrogens with one attached hydrogen (secondary N) is 2. The maximum atomic E-state index is 3.20. The fraction of sp³-hybridized carbons (Fsp3) is 0.200. The van der Waals surface area contributed by atoms with E-state index in [2.05, 4.69) is 42.9 Å². The third-order valence-corrected chi connectivity index (χ3v) is 1.89. The molecule has 0 aromatic rings. The van der Waals surface area contributed by atoms with Gasteiger partial charge in [-0.2, -0.15) is 0 Å². The van der Waals surface area contributed by atoms with Crippen LogP contribution in [0.5, 0.6) is 0 Å². The summed E-state index contributed by atoms with van der Waals surface area (Å²) in [6.45, 7) is 8.12. The van der Waals surface area contributed by atoms with Gasteiger partial charge in [-0.15, -0.1) is 13.2 Å². The van der Waals surface area contributed by atoms with Crippen LogP contribution in [0.2, 0.25) is 0 Å². The maximum Gasteiger partial charge on any atom is 0.122 e. The van der Waals surface area contributed by atoms with Crippen molar-refractivity contribution < 1.29 is 0 Å². The minimum absolute atomic E-state index is 0.324. The zero-order chi connectivity index (χ0) is 8.97. The van der Waals surface area contributed by atoms with Gasteiger partial charge in [-0.1, -0.05) is 0 Å². The molecule has 0 amide bonds. The number of hydrogen-bond donors (Lipinski definition) is 2. The molecule has 1 unspecified atom stereocenters. The predicted molar refractivity (Wildman–Crippen MR) is 52.3 cm³/mol. The molecule has 2 N–H and O–H groups in total. The molecule has 64 valence electrons. The van der Waals surface area contributed by atoms with Crippen LogP contribution in [-0.2, 0) is 0 Å². The highest BCUT2D eigenvalue weighted by Crippen LogP contribution is 2.17. The van der Waals surface area contributed by atoms with Crippen LogP contribution in [0.3, 0.4) is 0 Å². The Balaban J connectivity index is 0.000000336. The van der Waals surface area contributed by atoms with Crippen molar-refractivity contribution in [3.8, 4) is 0 Å². The summed E-state index contributed by atoms with van der Waals surface area (Å²) in [5.74, 6) is 0. The van der Waals surface area contributed by atoms with Gasteiger partial charge in [-0.25, -0.2) is 0 Å². The Morgan fingerprint density at radius 1 is 1.17 bits per heavy atom. The molecule has 0 bridgehead atoms. The maximum absolute atomic E-state index is 3.20. The van der Waals surface area contributed by atoms with Gasteiger partial charge >= 0.3 is 0 Å². The lowest BCUT2D eigenvalue weighted by Gasteiger charge is -2.18. The Bertz CT molecular complexity index is 249. The van der Waals surface area contributed by atoms with E-state index >= 15 is 0 Å². The van der Waals surface area contributed by atoms with Crippen molar-refractivity contribution in [2.75, 3.05) is 0 Å². The second-order valence-electron chi connectivity index (χ2n) is 2.57. The molecule has 0 aromatic carbocycles. The lowest BCUT2D eigenvalue weighted by Crippen LogP contribution is -2.36. The highest BCUT2D eigenvalue weighted by atomic mass is 15.1. The van der Waals surface area contributed by atoms with Gasteiger partial charge in [0.2, 0.25) is 0 Å². The van der Waals surface area contributed by atoms with E-state index in [9.17, 15) is 0 Å². The van der Waals surface area contributed by atoms with E-state index < -0.39 is 0 Å². The highest BCUT2D eigenvalue weighted by Gasteiger charge is 2.17. The summed E-state index contributed by atoms with van der Waals surface area (Å²) in [6.07, 6.45) is 8.47. The van der Waals surface area contributed by atoms with Crippen LogP contribution in [0.4, 0.5) is 0 Å². The normalized spacial score (nSPS) is 23.6. The smallest absolute Gasteiger partial charge is 0.122 e. The van der Waals surface area contributed by atoms with Gasteiger partial charge < -0.3 is 10.6 Å². The van der Waals surface area contributed by atoms with Gasteiger partial charge in [0.25, 0.3) is 0 Å². The first-order valence-corrected chi connectivity index (χ1v) is 3.94. The molecule has 12 heavy (non-hydrogen) atoms. The van der Waals surface area contributed by atoms with Crippen molar-refractivity contribution in [2.45, 2.75) is 13.1 Å². The van der Waals surface area contributed by atoms with Crippen molar-refractivity contribution in [1.29, 1.82) is 0 Å². The van der Waals surface area contributed by atoms with Gasteiger partial charge in [0.1, 0.15) is 6.17 Å². The number of fused-ring (bicyclic) bond motifs is 1. The van der Waals surface area contributed by atoms with Crippen LogP contribution in [0.15, 0.2) is 48.9 Å². The predicted octanol–water partition coefficient (Wildman–Crippen LogP) is 1.66. The molecule has 2 nitrogen and oxygen atoms in total. The number of allylic oxidation sites excluding steroid dienone is 2. The molecule has 0 spiro atoms. The molecule has 0 saturated carbocycles. The monoisotopic (exact) mass is 162 g/mol. The zero-order valence-corrected chi connectivity index (χ0v) is 7.30. The third-order valence-electron chi connectivity index (χ3n) is 1.89. The molecule has 0 fully saturated rings. The van der Waals surface area contributed by atoms with Gasteiger partial charge in [0.05, 0.1) is 0 Å². The van der Waals surface area contributed by atoms with Crippen LogP contribution in [0.25, 0.3) is 0 Å². The Labute approximate surface area is 73.4 Å². The molecule has 2 aliphatic rings. The molecule has 0 aliphatic carbocycles. The van der Waals surface area contributed by atoms with Gasteiger partial charge in [-0.05, 0) is 42.6 Å². The van der Waals surface area contributed by atoms with E-state index in [1.807, 2.05) is 12.4 Å². The van der Waals surface area contributed by atoms with E-state index in [-0.39, 0.29) is 0 Å². The van der Waals surface area contributed by atoms with Crippen LogP contribution in [0.1, 0.15) is 6.92 Å².